The van der Waals surface area contributed by atoms with Crippen LogP contribution in [0.1, 0.15) is 6.92 Å². The van der Waals surface area contributed by atoms with E-state index < -0.39 is 0 Å². The molecule has 0 aliphatic rings. The molecule has 3 heteroatoms. The molecule has 0 saturated carbocycles. The Morgan fingerprint density at radius 3 is 2.30 bits per heavy atom. The summed E-state index contributed by atoms with van der Waals surface area (Å²) in [5.41, 5.74) is 0. The molecular formula is C7H14NO2+. The number of hydrogen-bond acceptors (Lipinski definition) is 2. The van der Waals surface area contributed by atoms with Gasteiger partial charge in [0.2, 0.25) is 0 Å². The van der Waals surface area contributed by atoms with E-state index in [1.165, 1.54) is 6.92 Å². The minimum atomic E-state index is 0.117. The number of nitrogens with zero attached hydrogens (tertiary/aromatic N) is 1. The van der Waals surface area contributed by atoms with Crippen LogP contribution in [-0.4, -0.2) is 43.7 Å². The molecule has 0 rings (SSSR count). The van der Waals surface area contributed by atoms with Crippen molar-refractivity contribution in [1.29, 1.82) is 0 Å². The molecule has 0 saturated heterocycles. The molecule has 0 atom stereocenters. The van der Waals surface area contributed by atoms with Crippen molar-refractivity contribution < 1.29 is 14.1 Å². The highest BCUT2D eigenvalue weighted by atomic mass is 16.1. The fourth-order valence-electron chi connectivity index (χ4n) is 0.869. The summed E-state index contributed by atoms with van der Waals surface area (Å²) in [7, 11) is 3.71. The van der Waals surface area contributed by atoms with E-state index in [2.05, 4.69) is 0 Å². The number of carbonyl (C=O) groups excluding carboxylic acids is 2. The minimum absolute atomic E-state index is 0.117. The Labute approximate surface area is 61.2 Å². The van der Waals surface area contributed by atoms with E-state index in [4.69, 9.17) is 0 Å². The topological polar surface area (TPSA) is 34.1 Å². The Morgan fingerprint density at radius 2 is 2.00 bits per heavy atom. The predicted molar refractivity (Wildman–Crippen MR) is 38.6 cm³/mol. The lowest BCUT2D eigenvalue weighted by molar-refractivity contribution is -0.873. The molecule has 0 aromatic heterocycles. The summed E-state index contributed by atoms with van der Waals surface area (Å²) in [5, 5.41) is 0. The predicted octanol–water partition coefficient (Wildman–Crippen LogP) is -0.149. The van der Waals surface area contributed by atoms with E-state index in [0.29, 0.717) is 17.6 Å². The quantitative estimate of drug-likeness (QED) is 0.406. The van der Waals surface area contributed by atoms with Crippen LogP contribution in [0.3, 0.4) is 0 Å². The van der Waals surface area contributed by atoms with Crippen LogP contribution in [0.2, 0.25) is 0 Å². The fraction of sp³-hybridized carbons (Fsp3) is 0.714. The molecule has 0 aliphatic heterocycles. The number of carbonyl (C=O) groups is 2. The van der Waals surface area contributed by atoms with Gasteiger partial charge in [-0.3, -0.25) is 9.59 Å². The number of Topliss-reactive ketones (excluding diaryl/α,β-unsaturated/α-hetero) is 1. The van der Waals surface area contributed by atoms with Gasteiger partial charge in [-0.05, 0) is 0 Å². The lowest BCUT2D eigenvalue weighted by Gasteiger charge is -2.25. The van der Waals surface area contributed by atoms with Crippen LogP contribution in [0.5, 0.6) is 0 Å². The number of likely N-dealkylation sites (N-methyl/N-ethyl adjacent to an activating group) is 1. The summed E-state index contributed by atoms with van der Waals surface area (Å²) in [6.07, 6.45) is 0.836. The Morgan fingerprint density at radius 1 is 1.50 bits per heavy atom. The normalized spacial score (nSPS) is 11.1. The highest BCUT2D eigenvalue weighted by molar-refractivity contribution is 5.76. The van der Waals surface area contributed by atoms with Gasteiger partial charge < -0.3 is 4.48 Å². The van der Waals surface area contributed by atoms with Crippen molar-refractivity contribution in [3.63, 3.8) is 0 Å². The van der Waals surface area contributed by atoms with Crippen LogP contribution >= 0.6 is 0 Å². The molecule has 0 aromatic carbocycles. The zero-order chi connectivity index (χ0) is 8.20. The van der Waals surface area contributed by atoms with Crippen LogP contribution in [0.15, 0.2) is 0 Å². The molecule has 0 spiro atoms. The molecule has 0 heterocycles. The Bertz CT molecular complexity index is 141. The maximum absolute atomic E-state index is 10.6. The number of rotatable bonds is 4. The summed E-state index contributed by atoms with van der Waals surface area (Å²) in [5.74, 6) is 0.117. The van der Waals surface area contributed by atoms with Gasteiger partial charge in [0.1, 0.15) is 13.1 Å². The van der Waals surface area contributed by atoms with Crippen molar-refractivity contribution in [2.75, 3.05) is 27.2 Å². The molecule has 0 aromatic rings. The van der Waals surface area contributed by atoms with Gasteiger partial charge in [-0.15, -0.1) is 0 Å². The average Bonchev–Trinajstić information content (AvgIpc) is 1.59. The second kappa shape index (κ2) is 3.46. The van der Waals surface area contributed by atoms with Gasteiger partial charge in [-0.1, -0.05) is 0 Å². The third-order valence-electron chi connectivity index (χ3n) is 1.22. The SMILES string of the molecule is CC(=O)C[N+](C)(C)CC=O. The summed E-state index contributed by atoms with van der Waals surface area (Å²) in [4.78, 5) is 20.7. The Kier molecular flexibility index (Phi) is 3.22. The zero-order valence-corrected chi connectivity index (χ0v) is 6.76. The standard InChI is InChI=1S/C7H14NO2/c1-7(10)6-8(2,3)4-5-9/h5H,4,6H2,1-3H3/q+1. The van der Waals surface area contributed by atoms with Gasteiger partial charge in [-0.25, -0.2) is 0 Å². The molecule has 3 nitrogen and oxygen atoms in total. The highest BCUT2D eigenvalue weighted by Crippen LogP contribution is 1.93. The number of ketones is 1. The van der Waals surface area contributed by atoms with E-state index in [-0.39, 0.29) is 5.78 Å². The minimum Gasteiger partial charge on any atom is -0.316 e. The summed E-state index contributed by atoms with van der Waals surface area (Å²) in [6, 6.07) is 0. The number of hydrogen-bond donors (Lipinski definition) is 0. The third kappa shape index (κ3) is 4.21. The van der Waals surface area contributed by atoms with Crippen LogP contribution in [0.25, 0.3) is 0 Å². The largest absolute Gasteiger partial charge is 0.316 e. The van der Waals surface area contributed by atoms with E-state index in [9.17, 15) is 9.59 Å². The van der Waals surface area contributed by atoms with Crippen LogP contribution in [0, 0.1) is 0 Å². The lowest BCUT2D eigenvalue weighted by Crippen LogP contribution is -2.44. The summed E-state index contributed by atoms with van der Waals surface area (Å²) >= 11 is 0. The second-order valence-corrected chi connectivity index (χ2v) is 3.15. The van der Waals surface area contributed by atoms with E-state index in [1.54, 1.807) is 0 Å². The van der Waals surface area contributed by atoms with E-state index in [0.717, 1.165) is 6.29 Å². The number of aldehydes is 1. The Balaban J connectivity index is 3.85. The maximum Gasteiger partial charge on any atom is 0.183 e. The van der Waals surface area contributed by atoms with Crippen molar-refractivity contribution >= 4 is 12.1 Å². The van der Waals surface area contributed by atoms with Crippen molar-refractivity contribution in [2.45, 2.75) is 6.92 Å². The monoisotopic (exact) mass is 144 g/mol. The van der Waals surface area contributed by atoms with Crippen molar-refractivity contribution in [1.82, 2.24) is 0 Å². The molecule has 0 aliphatic carbocycles. The van der Waals surface area contributed by atoms with E-state index >= 15 is 0 Å². The maximum atomic E-state index is 10.6. The summed E-state index contributed by atoms with van der Waals surface area (Å²) in [6.45, 7) is 2.36. The molecule has 0 fully saturated rings. The lowest BCUT2D eigenvalue weighted by atomic mass is 10.3. The van der Waals surface area contributed by atoms with Gasteiger partial charge in [0, 0.05) is 6.92 Å². The molecule has 0 unspecified atom stereocenters. The third-order valence-corrected chi connectivity index (χ3v) is 1.22. The zero-order valence-electron chi connectivity index (χ0n) is 6.76. The van der Waals surface area contributed by atoms with Crippen molar-refractivity contribution in [2.24, 2.45) is 0 Å². The second-order valence-electron chi connectivity index (χ2n) is 3.15. The van der Waals surface area contributed by atoms with Gasteiger partial charge in [0.15, 0.2) is 12.1 Å². The smallest absolute Gasteiger partial charge is 0.183 e. The molecule has 0 radical (unpaired) electrons. The van der Waals surface area contributed by atoms with Crippen LogP contribution < -0.4 is 0 Å². The molecular weight excluding hydrogens is 130 g/mol. The first-order chi connectivity index (χ1) is 4.48. The molecule has 0 N–H and O–H groups in total. The fourth-order valence-corrected chi connectivity index (χ4v) is 0.869. The molecule has 0 amide bonds. The average molecular weight is 144 g/mol. The Hall–Kier alpha value is -0.700. The molecule has 10 heavy (non-hydrogen) atoms. The van der Waals surface area contributed by atoms with E-state index in [1.807, 2.05) is 14.1 Å². The van der Waals surface area contributed by atoms with Crippen molar-refractivity contribution in [3.05, 3.63) is 0 Å². The van der Waals surface area contributed by atoms with Gasteiger partial charge in [-0.2, -0.15) is 0 Å². The van der Waals surface area contributed by atoms with Gasteiger partial charge in [0.05, 0.1) is 14.1 Å². The summed E-state index contributed by atoms with van der Waals surface area (Å²) < 4.78 is 0.457. The van der Waals surface area contributed by atoms with Crippen LogP contribution in [-0.2, 0) is 9.59 Å². The first-order valence-electron chi connectivity index (χ1n) is 3.23. The first-order valence-corrected chi connectivity index (χ1v) is 3.23. The van der Waals surface area contributed by atoms with Crippen LogP contribution in [0.4, 0.5) is 0 Å². The van der Waals surface area contributed by atoms with Gasteiger partial charge in [0.25, 0.3) is 0 Å². The highest BCUT2D eigenvalue weighted by Gasteiger charge is 2.15. The first kappa shape index (κ1) is 9.30. The number of quaternary nitrogens is 1. The molecule has 58 valence electrons. The van der Waals surface area contributed by atoms with Crippen molar-refractivity contribution in [3.8, 4) is 0 Å². The van der Waals surface area contributed by atoms with Gasteiger partial charge >= 0.3 is 0 Å². The molecule has 0 bridgehead atoms.